The third-order valence-corrected chi connectivity index (χ3v) is 4.62. The molecule has 4 rings (SSSR count). The van der Waals surface area contributed by atoms with Crippen LogP contribution in [0.1, 0.15) is 38.9 Å². The zero-order valence-corrected chi connectivity index (χ0v) is 15.2. The van der Waals surface area contributed by atoms with Gasteiger partial charge in [-0.25, -0.2) is 4.98 Å². The van der Waals surface area contributed by atoms with Gasteiger partial charge >= 0.3 is 0 Å². The fourth-order valence-corrected chi connectivity index (χ4v) is 3.35. The largest absolute Gasteiger partial charge is 0.341 e. The van der Waals surface area contributed by atoms with Gasteiger partial charge in [0, 0.05) is 5.69 Å². The Labute approximate surface area is 157 Å². The molecule has 0 aliphatic heterocycles. The highest BCUT2D eigenvalue weighted by molar-refractivity contribution is 6.06. The Hall–Kier alpha value is -3.47. The molecule has 0 spiro atoms. The van der Waals surface area contributed by atoms with Crippen molar-refractivity contribution in [1.29, 1.82) is 0 Å². The fraction of sp³-hybridized carbons (Fsp3) is 0.136. The molecular formula is C22H20N4O. The summed E-state index contributed by atoms with van der Waals surface area (Å²) in [6, 6.07) is 21.5. The highest BCUT2D eigenvalue weighted by Crippen LogP contribution is 2.25. The first-order valence-corrected chi connectivity index (χ1v) is 8.86. The van der Waals surface area contributed by atoms with Crippen LogP contribution in [-0.4, -0.2) is 21.1 Å². The second-order valence-electron chi connectivity index (χ2n) is 6.57. The summed E-state index contributed by atoms with van der Waals surface area (Å²) in [6.07, 6.45) is 0. The fourth-order valence-electron chi connectivity index (χ4n) is 3.35. The maximum absolute atomic E-state index is 13.2. The lowest BCUT2D eigenvalue weighted by atomic mass is 9.98. The summed E-state index contributed by atoms with van der Waals surface area (Å²) < 4.78 is 0. The molecule has 0 radical (unpaired) electrons. The molecule has 0 atom stereocenters. The maximum atomic E-state index is 13.2. The summed E-state index contributed by atoms with van der Waals surface area (Å²) >= 11 is 0. The quantitative estimate of drug-likeness (QED) is 0.578. The first-order chi connectivity index (χ1) is 13.1. The van der Waals surface area contributed by atoms with Gasteiger partial charge in [0.2, 0.25) is 0 Å². The van der Waals surface area contributed by atoms with Crippen molar-refractivity contribution in [2.24, 2.45) is 0 Å². The minimum Gasteiger partial charge on any atom is -0.341 e. The number of aromatic nitrogens is 3. The van der Waals surface area contributed by atoms with Crippen LogP contribution in [-0.2, 0) is 0 Å². The van der Waals surface area contributed by atoms with Crippen LogP contribution in [0.5, 0.6) is 0 Å². The van der Waals surface area contributed by atoms with Gasteiger partial charge < -0.3 is 5.32 Å². The average Bonchev–Trinajstić information content (AvgIpc) is 3.07. The van der Waals surface area contributed by atoms with Crippen molar-refractivity contribution in [2.45, 2.75) is 19.9 Å². The highest BCUT2D eigenvalue weighted by Gasteiger charge is 2.21. The van der Waals surface area contributed by atoms with E-state index in [1.807, 2.05) is 80.6 Å². The van der Waals surface area contributed by atoms with Crippen LogP contribution in [0, 0.1) is 13.8 Å². The summed E-state index contributed by atoms with van der Waals surface area (Å²) in [4.78, 5) is 17.7. The maximum Gasteiger partial charge on any atom is 0.252 e. The molecule has 2 aromatic carbocycles. The van der Waals surface area contributed by atoms with Crippen LogP contribution in [0.25, 0.3) is 11.0 Å². The minimum absolute atomic E-state index is 0.146. The molecule has 0 bridgehead atoms. The van der Waals surface area contributed by atoms with E-state index in [1.165, 1.54) is 0 Å². The number of fused-ring (bicyclic) bond motifs is 1. The standard InChI is InChI=1S/C22H20N4O/c1-14-13-18(19-15(2)25-26-21(19)23-14)22(27)24-20(16-9-5-3-6-10-16)17-11-7-4-8-12-17/h3-13,20H,1-2H3,(H,24,27)(H,23,25,26). The van der Waals surface area contributed by atoms with Crippen LogP contribution in [0.3, 0.4) is 0 Å². The smallest absolute Gasteiger partial charge is 0.252 e. The van der Waals surface area contributed by atoms with Gasteiger partial charge in [-0.1, -0.05) is 60.7 Å². The van der Waals surface area contributed by atoms with Gasteiger partial charge in [0.05, 0.1) is 22.7 Å². The first-order valence-electron chi connectivity index (χ1n) is 8.86. The van der Waals surface area contributed by atoms with Gasteiger partial charge in [0.1, 0.15) is 0 Å². The van der Waals surface area contributed by atoms with E-state index >= 15 is 0 Å². The number of aromatic amines is 1. The molecule has 2 heterocycles. The topological polar surface area (TPSA) is 70.7 Å². The third-order valence-electron chi connectivity index (χ3n) is 4.62. The van der Waals surface area contributed by atoms with E-state index in [4.69, 9.17) is 0 Å². The summed E-state index contributed by atoms with van der Waals surface area (Å²) in [5, 5.41) is 11.1. The number of benzene rings is 2. The van der Waals surface area contributed by atoms with Crippen molar-refractivity contribution in [3.63, 3.8) is 0 Å². The van der Waals surface area contributed by atoms with Crippen LogP contribution in [0.2, 0.25) is 0 Å². The first kappa shape index (κ1) is 17.0. The third kappa shape index (κ3) is 3.31. The summed E-state index contributed by atoms with van der Waals surface area (Å²) in [6.45, 7) is 3.75. The number of rotatable bonds is 4. The number of hydrogen-bond donors (Lipinski definition) is 2. The van der Waals surface area contributed by atoms with E-state index in [2.05, 4.69) is 20.5 Å². The lowest BCUT2D eigenvalue weighted by molar-refractivity contribution is 0.0944. The number of pyridine rings is 1. The monoisotopic (exact) mass is 356 g/mol. The molecule has 2 aromatic heterocycles. The van der Waals surface area contributed by atoms with Crippen LogP contribution < -0.4 is 5.32 Å². The van der Waals surface area contributed by atoms with Crippen molar-refractivity contribution in [2.75, 3.05) is 0 Å². The Balaban J connectivity index is 1.76. The Morgan fingerprint density at radius 3 is 2.15 bits per heavy atom. The number of aryl methyl sites for hydroxylation is 2. The van der Waals surface area contributed by atoms with Gasteiger partial charge in [-0.05, 0) is 31.0 Å². The minimum atomic E-state index is -0.240. The van der Waals surface area contributed by atoms with Crippen molar-refractivity contribution in [3.8, 4) is 0 Å². The highest BCUT2D eigenvalue weighted by atomic mass is 16.1. The number of nitrogens with one attached hydrogen (secondary N) is 2. The predicted molar refractivity (Wildman–Crippen MR) is 106 cm³/mol. The number of amides is 1. The molecule has 0 aliphatic rings. The van der Waals surface area contributed by atoms with Gasteiger partial charge in [-0.3, -0.25) is 9.89 Å². The second kappa shape index (κ2) is 7.03. The van der Waals surface area contributed by atoms with Gasteiger partial charge in [0.25, 0.3) is 5.91 Å². The summed E-state index contributed by atoms with van der Waals surface area (Å²) in [7, 11) is 0. The Kier molecular flexibility index (Phi) is 4.42. The zero-order chi connectivity index (χ0) is 18.8. The number of hydrogen-bond acceptors (Lipinski definition) is 3. The van der Waals surface area contributed by atoms with Gasteiger partial charge in [-0.15, -0.1) is 0 Å². The molecule has 4 aromatic rings. The second-order valence-corrected chi connectivity index (χ2v) is 6.57. The van der Waals surface area contributed by atoms with E-state index in [1.54, 1.807) is 0 Å². The molecule has 0 aliphatic carbocycles. The Bertz CT molecular complexity index is 1050. The van der Waals surface area contributed by atoms with E-state index < -0.39 is 0 Å². The predicted octanol–water partition coefficient (Wildman–Crippen LogP) is 4.09. The van der Waals surface area contributed by atoms with Gasteiger partial charge in [0.15, 0.2) is 5.65 Å². The van der Waals surface area contributed by atoms with Crippen molar-refractivity contribution >= 4 is 16.9 Å². The van der Waals surface area contributed by atoms with Crippen molar-refractivity contribution in [3.05, 3.63) is 94.8 Å². The molecule has 1 amide bonds. The van der Waals surface area contributed by atoms with E-state index in [0.29, 0.717) is 11.2 Å². The number of H-pyrrole nitrogens is 1. The Morgan fingerprint density at radius 1 is 0.963 bits per heavy atom. The SMILES string of the molecule is Cc1cc(C(=O)NC(c2ccccc2)c2ccccc2)c2c(C)n[nH]c2n1. The number of carbonyl (C=O) groups excluding carboxylic acids is 1. The lowest BCUT2D eigenvalue weighted by Crippen LogP contribution is -2.29. The van der Waals surface area contributed by atoms with Crippen LogP contribution in [0.15, 0.2) is 66.7 Å². The molecule has 0 fully saturated rings. The molecular weight excluding hydrogens is 336 g/mol. The number of carbonyl (C=O) groups is 1. The van der Waals surface area contributed by atoms with Gasteiger partial charge in [-0.2, -0.15) is 5.10 Å². The summed E-state index contributed by atoms with van der Waals surface area (Å²) in [5.74, 6) is -0.146. The van der Waals surface area contributed by atoms with Crippen molar-refractivity contribution in [1.82, 2.24) is 20.5 Å². The number of nitrogens with zero attached hydrogens (tertiary/aromatic N) is 2. The lowest BCUT2D eigenvalue weighted by Gasteiger charge is -2.20. The summed E-state index contributed by atoms with van der Waals surface area (Å²) in [5.41, 5.74) is 4.81. The van der Waals surface area contributed by atoms with E-state index in [9.17, 15) is 4.79 Å². The van der Waals surface area contributed by atoms with Crippen LogP contribution in [0.4, 0.5) is 0 Å². The normalized spacial score (nSPS) is 11.1. The average molecular weight is 356 g/mol. The molecule has 27 heavy (non-hydrogen) atoms. The molecule has 0 saturated heterocycles. The molecule has 5 heteroatoms. The molecule has 0 saturated carbocycles. The molecule has 2 N–H and O–H groups in total. The molecule has 5 nitrogen and oxygen atoms in total. The van der Waals surface area contributed by atoms with Crippen molar-refractivity contribution < 1.29 is 4.79 Å². The van der Waals surface area contributed by atoms with E-state index in [-0.39, 0.29) is 11.9 Å². The Morgan fingerprint density at radius 2 is 1.56 bits per heavy atom. The van der Waals surface area contributed by atoms with E-state index in [0.717, 1.165) is 27.9 Å². The molecule has 0 unspecified atom stereocenters. The zero-order valence-electron chi connectivity index (χ0n) is 15.2. The molecule has 134 valence electrons. The van der Waals surface area contributed by atoms with Crippen LogP contribution >= 0.6 is 0 Å².